The third-order valence-electron chi connectivity index (χ3n) is 2.00. The summed E-state index contributed by atoms with van der Waals surface area (Å²) in [4.78, 5) is 11.4. The van der Waals surface area contributed by atoms with Crippen LogP contribution in [0.4, 0.5) is 5.69 Å². The Morgan fingerprint density at radius 1 is 1.62 bits per heavy atom. The molecule has 0 fully saturated rings. The number of benzene rings is 1. The van der Waals surface area contributed by atoms with E-state index < -0.39 is 0 Å². The number of nitrogens with one attached hydrogen (secondary N) is 1. The Hall–Kier alpha value is -0.860. The maximum atomic E-state index is 11.6. The van der Waals surface area contributed by atoms with E-state index >= 15 is 0 Å². The standard InChI is InChI=1S/C11H10Br2N2O/c1-2-9(13)11(16)15-10-5-8(12)4-3-7(10)6-14/h3-5,9H,2H2,1H3,(H,15,16). The van der Waals surface area contributed by atoms with Gasteiger partial charge in [-0.05, 0) is 24.6 Å². The lowest BCUT2D eigenvalue weighted by Gasteiger charge is -2.10. The van der Waals surface area contributed by atoms with Crippen molar-refractivity contribution >= 4 is 43.5 Å². The summed E-state index contributed by atoms with van der Waals surface area (Å²) < 4.78 is 0.824. The fourth-order valence-corrected chi connectivity index (χ4v) is 1.59. The number of hydrogen-bond acceptors (Lipinski definition) is 2. The minimum absolute atomic E-state index is 0.142. The zero-order valence-electron chi connectivity index (χ0n) is 8.63. The summed E-state index contributed by atoms with van der Waals surface area (Å²) in [5, 5.41) is 11.6. The molecule has 0 heterocycles. The second-order valence-electron chi connectivity index (χ2n) is 3.17. The van der Waals surface area contributed by atoms with E-state index in [9.17, 15) is 4.79 Å². The van der Waals surface area contributed by atoms with Crippen LogP contribution in [-0.2, 0) is 4.79 Å². The molecule has 1 aromatic carbocycles. The van der Waals surface area contributed by atoms with Crippen LogP contribution in [0.2, 0.25) is 0 Å². The molecule has 1 rings (SSSR count). The molecule has 1 aromatic rings. The molecule has 84 valence electrons. The summed E-state index contributed by atoms with van der Waals surface area (Å²) in [7, 11) is 0. The first-order chi connectivity index (χ1) is 7.58. The molecule has 0 saturated heterocycles. The molecule has 1 amide bonds. The zero-order valence-corrected chi connectivity index (χ0v) is 11.8. The molecule has 3 nitrogen and oxygen atoms in total. The topological polar surface area (TPSA) is 52.9 Å². The maximum Gasteiger partial charge on any atom is 0.238 e. The molecule has 0 aliphatic heterocycles. The number of carbonyl (C=O) groups excluding carboxylic acids is 1. The number of hydrogen-bond donors (Lipinski definition) is 1. The molecule has 0 radical (unpaired) electrons. The van der Waals surface area contributed by atoms with Gasteiger partial charge in [-0.15, -0.1) is 0 Å². The van der Waals surface area contributed by atoms with Crippen molar-refractivity contribution in [3.63, 3.8) is 0 Å². The highest BCUT2D eigenvalue weighted by molar-refractivity contribution is 9.10. The smallest absolute Gasteiger partial charge is 0.238 e. The van der Waals surface area contributed by atoms with Gasteiger partial charge in [0.2, 0.25) is 5.91 Å². The van der Waals surface area contributed by atoms with Crippen LogP contribution in [0.3, 0.4) is 0 Å². The normalized spacial score (nSPS) is 11.6. The lowest BCUT2D eigenvalue weighted by molar-refractivity contribution is -0.115. The lowest BCUT2D eigenvalue weighted by Crippen LogP contribution is -2.22. The summed E-state index contributed by atoms with van der Waals surface area (Å²) in [6.45, 7) is 1.91. The molecule has 1 unspecified atom stereocenters. The molecule has 1 N–H and O–H groups in total. The molecular weight excluding hydrogens is 336 g/mol. The molecule has 5 heteroatoms. The SMILES string of the molecule is CCC(Br)C(=O)Nc1cc(Br)ccc1C#N. The number of alkyl halides is 1. The zero-order chi connectivity index (χ0) is 12.1. The van der Waals surface area contributed by atoms with E-state index in [4.69, 9.17) is 5.26 Å². The van der Waals surface area contributed by atoms with E-state index in [0.29, 0.717) is 17.7 Å². The van der Waals surface area contributed by atoms with Crippen molar-refractivity contribution < 1.29 is 4.79 Å². The van der Waals surface area contributed by atoms with Crippen LogP contribution in [0.15, 0.2) is 22.7 Å². The molecule has 0 aromatic heterocycles. The predicted molar refractivity (Wildman–Crippen MR) is 70.5 cm³/mol. The number of carbonyl (C=O) groups is 1. The molecule has 0 aliphatic carbocycles. The maximum absolute atomic E-state index is 11.6. The summed E-state index contributed by atoms with van der Waals surface area (Å²) >= 11 is 6.56. The summed E-state index contributed by atoms with van der Waals surface area (Å²) in [5.74, 6) is -0.142. The fourth-order valence-electron chi connectivity index (χ4n) is 1.11. The Morgan fingerprint density at radius 3 is 2.88 bits per heavy atom. The predicted octanol–water partition coefficient (Wildman–Crippen LogP) is 3.43. The Labute approximate surface area is 111 Å². The van der Waals surface area contributed by atoms with Gasteiger partial charge in [0.1, 0.15) is 6.07 Å². The van der Waals surface area contributed by atoms with Gasteiger partial charge in [0.05, 0.1) is 16.1 Å². The first-order valence-electron chi connectivity index (χ1n) is 4.73. The fraction of sp³-hybridized carbons (Fsp3) is 0.273. The largest absolute Gasteiger partial charge is 0.324 e. The molecule has 0 aliphatic rings. The van der Waals surface area contributed by atoms with E-state index in [0.717, 1.165) is 4.47 Å². The van der Waals surface area contributed by atoms with E-state index in [2.05, 4.69) is 37.2 Å². The van der Waals surface area contributed by atoms with Crippen molar-refractivity contribution in [3.8, 4) is 6.07 Å². The van der Waals surface area contributed by atoms with Gasteiger partial charge >= 0.3 is 0 Å². The van der Waals surface area contributed by atoms with Gasteiger partial charge in [-0.3, -0.25) is 4.79 Å². The van der Waals surface area contributed by atoms with Gasteiger partial charge in [-0.2, -0.15) is 5.26 Å². The van der Waals surface area contributed by atoms with Gasteiger partial charge in [0.25, 0.3) is 0 Å². The third-order valence-corrected chi connectivity index (χ3v) is 3.56. The van der Waals surface area contributed by atoms with E-state index in [1.165, 1.54) is 0 Å². The van der Waals surface area contributed by atoms with Crippen molar-refractivity contribution in [2.75, 3.05) is 5.32 Å². The van der Waals surface area contributed by atoms with Crippen molar-refractivity contribution in [2.45, 2.75) is 18.2 Å². The number of amides is 1. The molecule has 0 bridgehead atoms. The summed E-state index contributed by atoms with van der Waals surface area (Å²) in [6, 6.07) is 7.17. The van der Waals surface area contributed by atoms with Crippen LogP contribution < -0.4 is 5.32 Å². The van der Waals surface area contributed by atoms with Gasteiger partial charge in [0, 0.05) is 4.47 Å². The Balaban J connectivity index is 2.92. The second-order valence-corrected chi connectivity index (χ2v) is 5.19. The lowest BCUT2D eigenvalue weighted by atomic mass is 10.2. The number of nitrogens with zero attached hydrogens (tertiary/aromatic N) is 1. The van der Waals surface area contributed by atoms with Gasteiger partial charge in [-0.25, -0.2) is 0 Å². The van der Waals surface area contributed by atoms with E-state index in [-0.39, 0.29) is 10.7 Å². The van der Waals surface area contributed by atoms with E-state index in [1.54, 1.807) is 18.2 Å². The number of halogens is 2. The van der Waals surface area contributed by atoms with Crippen molar-refractivity contribution in [3.05, 3.63) is 28.2 Å². The quantitative estimate of drug-likeness (QED) is 0.853. The first kappa shape index (κ1) is 13.2. The highest BCUT2D eigenvalue weighted by atomic mass is 79.9. The van der Waals surface area contributed by atoms with Crippen LogP contribution in [0.5, 0.6) is 0 Å². The van der Waals surface area contributed by atoms with Crippen molar-refractivity contribution in [1.82, 2.24) is 0 Å². The molecule has 1 atom stereocenters. The Kier molecular flexibility index (Phi) is 4.97. The van der Waals surface area contributed by atoms with Gasteiger partial charge in [0.15, 0.2) is 0 Å². The molecular formula is C11H10Br2N2O. The molecule has 0 spiro atoms. The summed E-state index contributed by atoms with van der Waals surface area (Å²) in [5.41, 5.74) is 0.979. The summed E-state index contributed by atoms with van der Waals surface area (Å²) in [6.07, 6.45) is 0.696. The number of anilines is 1. The van der Waals surface area contributed by atoms with Gasteiger partial charge < -0.3 is 5.32 Å². The number of nitriles is 1. The monoisotopic (exact) mass is 344 g/mol. The van der Waals surface area contributed by atoms with Crippen LogP contribution in [-0.4, -0.2) is 10.7 Å². The first-order valence-corrected chi connectivity index (χ1v) is 6.44. The van der Waals surface area contributed by atoms with Crippen LogP contribution in [0.25, 0.3) is 0 Å². The number of rotatable bonds is 3. The Bertz CT molecular complexity index is 440. The average molecular weight is 346 g/mol. The highest BCUT2D eigenvalue weighted by Gasteiger charge is 2.14. The minimum atomic E-state index is -0.238. The third kappa shape index (κ3) is 3.32. The van der Waals surface area contributed by atoms with Crippen molar-refractivity contribution in [1.29, 1.82) is 5.26 Å². The molecule has 16 heavy (non-hydrogen) atoms. The average Bonchev–Trinajstić information content (AvgIpc) is 2.28. The second kappa shape index (κ2) is 6.02. The highest BCUT2D eigenvalue weighted by Crippen LogP contribution is 2.21. The van der Waals surface area contributed by atoms with Crippen LogP contribution in [0.1, 0.15) is 18.9 Å². The van der Waals surface area contributed by atoms with E-state index in [1.807, 2.05) is 13.0 Å². The minimum Gasteiger partial charge on any atom is -0.324 e. The van der Waals surface area contributed by atoms with Gasteiger partial charge in [-0.1, -0.05) is 38.8 Å². The Morgan fingerprint density at radius 2 is 2.31 bits per heavy atom. The van der Waals surface area contributed by atoms with Crippen LogP contribution >= 0.6 is 31.9 Å². The van der Waals surface area contributed by atoms with Crippen LogP contribution in [0, 0.1) is 11.3 Å². The molecule has 0 saturated carbocycles. The van der Waals surface area contributed by atoms with Crippen molar-refractivity contribution in [2.24, 2.45) is 0 Å².